The third kappa shape index (κ3) is 6.11. The minimum absolute atomic E-state index is 0.233. The SMILES string of the molecule is CCC(=N)N(C)CCNc1ccc(N2C[C@H](CNC(=O)c3ccc(Cl)s3)OC2=O)cc1. The summed E-state index contributed by atoms with van der Waals surface area (Å²) in [6.45, 7) is 4.00. The highest BCUT2D eigenvalue weighted by molar-refractivity contribution is 7.18. The molecule has 3 rings (SSSR count). The second-order valence-corrected chi connectivity index (χ2v) is 8.84. The summed E-state index contributed by atoms with van der Waals surface area (Å²) in [6.07, 6.45) is -0.141. The lowest BCUT2D eigenvalue weighted by atomic mass is 10.2. The molecule has 1 atom stereocenters. The number of nitrogens with zero attached hydrogens (tertiary/aromatic N) is 2. The number of hydrogen-bond donors (Lipinski definition) is 3. The van der Waals surface area contributed by atoms with Gasteiger partial charge in [-0.05, 0) is 36.4 Å². The number of benzene rings is 1. The van der Waals surface area contributed by atoms with Gasteiger partial charge in [-0.25, -0.2) is 4.79 Å². The van der Waals surface area contributed by atoms with Crippen molar-refractivity contribution in [3.63, 3.8) is 0 Å². The Labute approximate surface area is 190 Å². The second kappa shape index (κ2) is 10.5. The molecule has 0 spiro atoms. The first-order valence-corrected chi connectivity index (χ1v) is 11.2. The highest BCUT2D eigenvalue weighted by Crippen LogP contribution is 2.24. The quantitative estimate of drug-likeness (QED) is 0.387. The van der Waals surface area contributed by atoms with Crippen molar-refractivity contribution in [1.82, 2.24) is 10.2 Å². The van der Waals surface area contributed by atoms with Crippen LogP contribution < -0.4 is 15.5 Å². The highest BCUT2D eigenvalue weighted by Gasteiger charge is 2.32. The van der Waals surface area contributed by atoms with Crippen LogP contribution in [-0.2, 0) is 4.74 Å². The van der Waals surface area contributed by atoms with Crippen molar-refractivity contribution in [2.45, 2.75) is 19.4 Å². The molecule has 1 saturated heterocycles. The van der Waals surface area contributed by atoms with Gasteiger partial charge in [0.05, 0.1) is 28.1 Å². The Bertz CT molecular complexity index is 933. The van der Waals surface area contributed by atoms with E-state index >= 15 is 0 Å². The van der Waals surface area contributed by atoms with Crippen LogP contribution in [-0.4, -0.2) is 62.1 Å². The molecule has 1 aliphatic rings. The maximum atomic E-state index is 12.3. The second-order valence-electron chi connectivity index (χ2n) is 7.13. The standard InChI is InChI=1S/C21H26ClN5O3S/c1-3-19(23)26(2)11-10-24-14-4-6-15(7-5-14)27-13-16(30-21(27)29)12-25-20(28)17-8-9-18(22)31-17/h4-9,16,23-24H,3,10-13H2,1-2H3,(H,25,28)/t16-/m0/s1. The van der Waals surface area contributed by atoms with Crippen molar-refractivity contribution in [2.75, 3.05) is 43.4 Å². The van der Waals surface area contributed by atoms with E-state index in [4.69, 9.17) is 21.7 Å². The number of ether oxygens (including phenoxy) is 1. The largest absolute Gasteiger partial charge is 0.442 e. The summed E-state index contributed by atoms with van der Waals surface area (Å²) < 4.78 is 5.93. The van der Waals surface area contributed by atoms with Crippen molar-refractivity contribution in [1.29, 1.82) is 5.41 Å². The zero-order chi connectivity index (χ0) is 22.4. The number of carbonyl (C=O) groups is 2. The molecular formula is C21H26ClN5O3S. The van der Waals surface area contributed by atoms with Gasteiger partial charge < -0.3 is 20.3 Å². The number of carbonyl (C=O) groups excluding carboxylic acids is 2. The molecule has 1 aliphatic heterocycles. The van der Waals surface area contributed by atoms with Crippen LogP contribution in [0.25, 0.3) is 0 Å². The first kappa shape index (κ1) is 22.9. The number of halogens is 1. The number of hydrogen-bond acceptors (Lipinski definition) is 6. The van der Waals surface area contributed by atoms with Gasteiger partial charge in [0.1, 0.15) is 6.10 Å². The van der Waals surface area contributed by atoms with E-state index in [1.165, 1.54) is 11.3 Å². The molecule has 10 heteroatoms. The maximum Gasteiger partial charge on any atom is 0.414 e. The monoisotopic (exact) mass is 463 g/mol. The highest BCUT2D eigenvalue weighted by atomic mass is 35.5. The van der Waals surface area contributed by atoms with Crippen LogP contribution in [0.15, 0.2) is 36.4 Å². The topological polar surface area (TPSA) is 97.8 Å². The summed E-state index contributed by atoms with van der Waals surface area (Å²) in [6, 6.07) is 10.9. The Balaban J connectivity index is 1.47. The third-order valence-electron chi connectivity index (χ3n) is 4.91. The molecule has 1 fully saturated rings. The first-order chi connectivity index (χ1) is 14.9. The predicted molar refractivity (Wildman–Crippen MR) is 125 cm³/mol. The van der Waals surface area contributed by atoms with E-state index in [9.17, 15) is 9.59 Å². The fraction of sp³-hybridized carbons (Fsp3) is 0.381. The predicted octanol–water partition coefficient (Wildman–Crippen LogP) is 3.89. The van der Waals surface area contributed by atoms with Crippen LogP contribution in [0.3, 0.4) is 0 Å². The van der Waals surface area contributed by atoms with Gasteiger partial charge in [-0.2, -0.15) is 0 Å². The van der Waals surface area contributed by atoms with Crippen LogP contribution in [0.5, 0.6) is 0 Å². The summed E-state index contributed by atoms with van der Waals surface area (Å²) in [5.41, 5.74) is 1.67. The number of amides is 2. The lowest BCUT2D eigenvalue weighted by Crippen LogP contribution is -2.34. The number of nitrogens with one attached hydrogen (secondary N) is 3. The van der Waals surface area contributed by atoms with Gasteiger partial charge in [-0.3, -0.25) is 15.1 Å². The summed E-state index contributed by atoms with van der Waals surface area (Å²) in [5.74, 6) is 0.371. The van der Waals surface area contributed by atoms with E-state index in [0.29, 0.717) is 34.6 Å². The van der Waals surface area contributed by atoms with E-state index in [0.717, 1.165) is 17.9 Å². The van der Waals surface area contributed by atoms with Crippen LogP contribution in [0.2, 0.25) is 4.34 Å². The van der Waals surface area contributed by atoms with E-state index in [-0.39, 0.29) is 12.5 Å². The number of amidine groups is 1. The molecule has 0 aliphatic carbocycles. The number of cyclic esters (lactones) is 1. The van der Waals surface area contributed by atoms with Gasteiger partial charge in [0.15, 0.2) is 0 Å². The Kier molecular flexibility index (Phi) is 7.75. The summed E-state index contributed by atoms with van der Waals surface area (Å²) >= 11 is 7.06. The normalized spacial score (nSPS) is 15.5. The van der Waals surface area contributed by atoms with E-state index < -0.39 is 12.2 Å². The van der Waals surface area contributed by atoms with E-state index in [1.54, 1.807) is 17.0 Å². The molecule has 2 heterocycles. The summed E-state index contributed by atoms with van der Waals surface area (Å²) in [7, 11) is 1.91. The van der Waals surface area contributed by atoms with Gasteiger partial charge in [0.2, 0.25) is 0 Å². The zero-order valence-corrected chi connectivity index (χ0v) is 19.1. The molecule has 3 N–H and O–H groups in total. The fourth-order valence-corrected chi connectivity index (χ4v) is 4.06. The van der Waals surface area contributed by atoms with Crippen molar-refractivity contribution >= 4 is 52.1 Å². The molecule has 166 valence electrons. The Morgan fingerprint density at radius 3 is 2.71 bits per heavy atom. The summed E-state index contributed by atoms with van der Waals surface area (Å²) in [5, 5.41) is 13.9. The van der Waals surface area contributed by atoms with Gasteiger partial charge >= 0.3 is 6.09 Å². The van der Waals surface area contributed by atoms with E-state index in [1.807, 2.05) is 43.1 Å². The van der Waals surface area contributed by atoms with Gasteiger partial charge in [0, 0.05) is 37.9 Å². The Morgan fingerprint density at radius 2 is 2.06 bits per heavy atom. The Hall–Kier alpha value is -2.78. The molecule has 2 aromatic rings. The van der Waals surface area contributed by atoms with Crippen LogP contribution in [0.4, 0.5) is 16.2 Å². The lowest BCUT2D eigenvalue weighted by Gasteiger charge is -2.19. The van der Waals surface area contributed by atoms with Crippen LogP contribution in [0, 0.1) is 5.41 Å². The molecule has 0 unspecified atom stereocenters. The van der Waals surface area contributed by atoms with Gasteiger partial charge in [-0.1, -0.05) is 18.5 Å². The van der Waals surface area contributed by atoms with Crippen molar-refractivity contribution in [2.24, 2.45) is 0 Å². The fourth-order valence-electron chi connectivity index (χ4n) is 3.10. The molecule has 0 bridgehead atoms. The van der Waals surface area contributed by atoms with E-state index in [2.05, 4.69) is 10.6 Å². The molecule has 1 aromatic carbocycles. The molecule has 2 amide bonds. The number of rotatable bonds is 9. The number of likely N-dealkylation sites (N-methyl/N-ethyl adjacent to an activating group) is 1. The third-order valence-corrected chi connectivity index (χ3v) is 6.14. The van der Waals surface area contributed by atoms with Crippen molar-refractivity contribution in [3.8, 4) is 0 Å². The van der Waals surface area contributed by atoms with Gasteiger partial charge in [-0.15, -0.1) is 11.3 Å². The molecular weight excluding hydrogens is 438 g/mol. The van der Waals surface area contributed by atoms with Crippen molar-refractivity contribution in [3.05, 3.63) is 45.6 Å². The smallest absolute Gasteiger partial charge is 0.414 e. The number of thiophene rings is 1. The molecule has 31 heavy (non-hydrogen) atoms. The maximum absolute atomic E-state index is 12.3. The Morgan fingerprint density at radius 1 is 1.32 bits per heavy atom. The van der Waals surface area contributed by atoms with Gasteiger partial charge in [0.25, 0.3) is 5.91 Å². The number of anilines is 2. The van der Waals surface area contributed by atoms with Crippen molar-refractivity contribution < 1.29 is 14.3 Å². The lowest BCUT2D eigenvalue weighted by molar-refractivity contribution is 0.0920. The first-order valence-electron chi connectivity index (χ1n) is 10.0. The van der Waals surface area contributed by atoms with Crippen LogP contribution >= 0.6 is 22.9 Å². The van der Waals surface area contributed by atoms with Crippen LogP contribution in [0.1, 0.15) is 23.0 Å². The molecule has 8 nitrogen and oxygen atoms in total. The molecule has 0 radical (unpaired) electrons. The summed E-state index contributed by atoms with van der Waals surface area (Å²) in [4.78, 5) is 28.4. The minimum Gasteiger partial charge on any atom is -0.442 e. The minimum atomic E-state index is -0.432. The zero-order valence-electron chi connectivity index (χ0n) is 17.5. The average molecular weight is 464 g/mol. The average Bonchev–Trinajstić information content (AvgIpc) is 3.37. The molecule has 0 saturated carbocycles. The molecule has 1 aromatic heterocycles.